The van der Waals surface area contributed by atoms with Crippen molar-refractivity contribution in [2.45, 2.75) is 20.8 Å². The molecule has 21 heavy (non-hydrogen) atoms. The summed E-state index contributed by atoms with van der Waals surface area (Å²) in [5.41, 5.74) is 4.42. The highest BCUT2D eigenvalue weighted by molar-refractivity contribution is 5.99. The van der Waals surface area contributed by atoms with Crippen molar-refractivity contribution in [2.24, 2.45) is 0 Å². The first-order valence-corrected chi connectivity index (χ1v) is 6.75. The Morgan fingerprint density at radius 2 is 1.71 bits per heavy atom. The summed E-state index contributed by atoms with van der Waals surface area (Å²) < 4.78 is 11.5. The Morgan fingerprint density at radius 3 is 2.33 bits per heavy atom. The second kappa shape index (κ2) is 4.81. The first-order chi connectivity index (χ1) is 10.1. The third-order valence-electron chi connectivity index (χ3n) is 4.07. The summed E-state index contributed by atoms with van der Waals surface area (Å²) in [7, 11) is 1.58. The second-order valence-electron chi connectivity index (χ2n) is 5.13. The molecule has 4 heteroatoms. The molecular formula is C17H17NO3. The first kappa shape index (κ1) is 13.5. The Balaban J connectivity index is 2.44. The summed E-state index contributed by atoms with van der Waals surface area (Å²) in [6.45, 7) is 5.87. The van der Waals surface area contributed by atoms with Crippen LogP contribution < -0.4 is 4.74 Å². The highest BCUT2D eigenvalue weighted by atomic mass is 16.5. The van der Waals surface area contributed by atoms with Gasteiger partial charge in [0.05, 0.1) is 7.11 Å². The molecule has 0 saturated heterocycles. The third kappa shape index (κ3) is 1.87. The lowest BCUT2D eigenvalue weighted by molar-refractivity contribution is 0.411. The molecule has 3 aromatic rings. The van der Waals surface area contributed by atoms with E-state index >= 15 is 0 Å². The standard InChI is InChI=1S/C17H17NO3/c1-9-10(2)14(19)13-15(11(9)3)21-16(17(13)20-4)12-5-7-18-8-6-12/h5-8,19H,1-4H3. The zero-order chi connectivity index (χ0) is 15.1. The van der Waals surface area contributed by atoms with Gasteiger partial charge in [-0.25, -0.2) is 0 Å². The Labute approximate surface area is 123 Å². The average Bonchev–Trinajstić information content (AvgIpc) is 2.91. The van der Waals surface area contributed by atoms with Crippen molar-refractivity contribution in [3.8, 4) is 22.8 Å². The van der Waals surface area contributed by atoms with E-state index in [1.807, 2.05) is 32.9 Å². The summed E-state index contributed by atoms with van der Waals surface area (Å²) in [6, 6.07) is 3.71. The maximum Gasteiger partial charge on any atom is 0.177 e. The van der Waals surface area contributed by atoms with Crippen LogP contribution in [0.3, 0.4) is 0 Å². The number of aromatic nitrogens is 1. The molecule has 0 atom stereocenters. The molecule has 1 aromatic carbocycles. The molecule has 0 fully saturated rings. The van der Waals surface area contributed by atoms with Crippen LogP contribution in [0.2, 0.25) is 0 Å². The number of pyridine rings is 1. The van der Waals surface area contributed by atoms with Gasteiger partial charge in [0.1, 0.15) is 16.7 Å². The Bertz CT molecular complexity index is 819. The second-order valence-corrected chi connectivity index (χ2v) is 5.13. The van der Waals surface area contributed by atoms with Gasteiger partial charge < -0.3 is 14.3 Å². The van der Waals surface area contributed by atoms with Gasteiger partial charge in [0.2, 0.25) is 0 Å². The van der Waals surface area contributed by atoms with Gasteiger partial charge in [-0.2, -0.15) is 0 Å². The van der Waals surface area contributed by atoms with Crippen LogP contribution in [0.5, 0.6) is 11.5 Å². The van der Waals surface area contributed by atoms with Gasteiger partial charge in [0, 0.05) is 18.0 Å². The Kier molecular flexibility index (Phi) is 3.09. The maximum absolute atomic E-state index is 10.5. The van der Waals surface area contributed by atoms with Crippen molar-refractivity contribution >= 4 is 11.0 Å². The van der Waals surface area contributed by atoms with Crippen molar-refractivity contribution < 1.29 is 14.3 Å². The topological polar surface area (TPSA) is 55.5 Å². The van der Waals surface area contributed by atoms with Crippen LogP contribution in [0.4, 0.5) is 0 Å². The predicted octanol–water partition coefficient (Wildman–Crippen LogP) is 4.13. The average molecular weight is 283 g/mol. The zero-order valence-electron chi connectivity index (χ0n) is 12.5. The summed E-state index contributed by atoms with van der Waals surface area (Å²) in [5, 5.41) is 11.1. The first-order valence-electron chi connectivity index (χ1n) is 6.75. The fourth-order valence-electron chi connectivity index (χ4n) is 2.60. The summed E-state index contributed by atoms with van der Waals surface area (Å²) in [5.74, 6) is 1.38. The number of ether oxygens (including phenoxy) is 1. The molecule has 2 heterocycles. The molecule has 0 aliphatic rings. The van der Waals surface area contributed by atoms with E-state index in [2.05, 4.69) is 4.98 Å². The lowest BCUT2D eigenvalue weighted by Crippen LogP contribution is -1.90. The summed E-state index contributed by atoms with van der Waals surface area (Å²) >= 11 is 0. The molecule has 0 aliphatic heterocycles. The van der Waals surface area contributed by atoms with E-state index in [4.69, 9.17) is 9.15 Å². The minimum Gasteiger partial charge on any atom is -0.507 e. The molecule has 1 N–H and O–H groups in total. The van der Waals surface area contributed by atoms with Gasteiger partial charge in [0.15, 0.2) is 11.5 Å². The number of rotatable bonds is 2. The number of furan rings is 1. The number of phenols is 1. The van der Waals surface area contributed by atoms with E-state index in [0.29, 0.717) is 22.5 Å². The molecule has 0 saturated carbocycles. The fourth-order valence-corrected chi connectivity index (χ4v) is 2.60. The quantitative estimate of drug-likeness (QED) is 0.768. The lowest BCUT2D eigenvalue weighted by Gasteiger charge is -2.08. The van der Waals surface area contributed by atoms with Crippen molar-refractivity contribution in [1.29, 1.82) is 0 Å². The lowest BCUT2D eigenvalue weighted by atomic mass is 9.99. The van der Waals surface area contributed by atoms with Crippen molar-refractivity contribution in [3.63, 3.8) is 0 Å². The van der Waals surface area contributed by atoms with Gasteiger partial charge in [-0.15, -0.1) is 0 Å². The summed E-state index contributed by atoms with van der Waals surface area (Å²) in [4.78, 5) is 4.01. The minimum absolute atomic E-state index is 0.217. The van der Waals surface area contributed by atoms with E-state index in [0.717, 1.165) is 22.3 Å². The van der Waals surface area contributed by atoms with Gasteiger partial charge >= 0.3 is 0 Å². The van der Waals surface area contributed by atoms with E-state index in [1.54, 1.807) is 19.5 Å². The molecule has 4 nitrogen and oxygen atoms in total. The van der Waals surface area contributed by atoms with Gasteiger partial charge in [-0.3, -0.25) is 4.98 Å². The third-order valence-corrected chi connectivity index (χ3v) is 4.07. The molecule has 0 bridgehead atoms. The number of benzene rings is 1. The van der Waals surface area contributed by atoms with E-state index in [-0.39, 0.29) is 5.75 Å². The number of hydrogen-bond acceptors (Lipinski definition) is 4. The Hall–Kier alpha value is -2.49. The van der Waals surface area contributed by atoms with Gasteiger partial charge in [-0.1, -0.05) is 0 Å². The number of phenolic OH excluding ortho intramolecular Hbond substituents is 1. The number of hydrogen-bond donors (Lipinski definition) is 1. The largest absolute Gasteiger partial charge is 0.507 e. The highest BCUT2D eigenvalue weighted by Crippen LogP contribution is 2.47. The number of fused-ring (bicyclic) bond motifs is 1. The van der Waals surface area contributed by atoms with Crippen molar-refractivity contribution in [2.75, 3.05) is 7.11 Å². The predicted molar refractivity (Wildman–Crippen MR) is 81.9 cm³/mol. The molecule has 0 radical (unpaired) electrons. The molecule has 0 aliphatic carbocycles. The highest BCUT2D eigenvalue weighted by Gasteiger charge is 2.23. The van der Waals surface area contributed by atoms with E-state index < -0.39 is 0 Å². The summed E-state index contributed by atoms with van der Waals surface area (Å²) in [6.07, 6.45) is 3.40. The van der Waals surface area contributed by atoms with Crippen LogP contribution >= 0.6 is 0 Å². The van der Waals surface area contributed by atoms with Crippen LogP contribution in [0.1, 0.15) is 16.7 Å². The van der Waals surface area contributed by atoms with Crippen LogP contribution in [0, 0.1) is 20.8 Å². The van der Waals surface area contributed by atoms with Crippen LogP contribution in [0.15, 0.2) is 28.9 Å². The van der Waals surface area contributed by atoms with E-state index in [9.17, 15) is 5.11 Å². The molecule has 0 spiro atoms. The monoisotopic (exact) mass is 283 g/mol. The number of aromatic hydroxyl groups is 1. The number of methoxy groups -OCH3 is 1. The normalized spacial score (nSPS) is 11.0. The van der Waals surface area contributed by atoms with Crippen LogP contribution in [-0.2, 0) is 0 Å². The molecular weight excluding hydrogens is 266 g/mol. The minimum atomic E-state index is 0.217. The molecule has 3 rings (SSSR count). The van der Waals surface area contributed by atoms with Crippen LogP contribution in [-0.4, -0.2) is 17.2 Å². The van der Waals surface area contributed by atoms with Crippen LogP contribution in [0.25, 0.3) is 22.3 Å². The molecule has 2 aromatic heterocycles. The zero-order valence-corrected chi connectivity index (χ0v) is 12.5. The SMILES string of the molecule is COc1c(-c2ccncc2)oc2c(C)c(C)c(C)c(O)c12. The Morgan fingerprint density at radius 1 is 1.05 bits per heavy atom. The van der Waals surface area contributed by atoms with Gasteiger partial charge in [0.25, 0.3) is 0 Å². The molecule has 0 unspecified atom stereocenters. The number of nitrogens with zero attached hydrogens (tertiary/aromatic N) is 1. The molecule has 108 valence electrons. The smallest absolute Gasteiger partial charge is 0.177 e. The van der Waals surface area contributed by atoms with Gasteiger partial charge in [-0.05, 0) is 49.6 Å². The van der Waals surface area contributed by atoms with Crippen molar-refractivity contribution in [1.82, 2.24) is 4.98 Å². The maximum atomic E-state index is 10.5. The molecule has 0 amide bonds. The fraction of sp³-hybridized carbons (Fsp3) is 0.235. The van der Waals surface area contributed by atoms with E-state index in [1.165, 1.54) is 0 Å². The number of aryl methyl sites for hydroxylation is 1. The van der Waals surface area contributed by atoms with Crippen molar-refractivity contribution in [3.05, 3.63) is 41.2 Å².